The molecule has 0 atom stereocenters. The van der Waals surface area contributed by atoms with Crippen LogP contribution in [0.2, 0.25) is 0 Å². The summed E-state index contributed by atoms with van der Waals surface area (Å²) < 4.78 is 12.5. The van der Waals surface area contributed by atoms with Crippen LogP contribution in [0.5, 0.6) is 0 Å². The smallest absolute Gasteiger partial charge is 0.354 e. The van der Waals surface area contributed by atoms with Gasteiger partial charge in [0, 0.05) is 35.9 Å². The van der Waals surface area contributed by atoms with Crippen molar-refractivity contribution in [1.29, 1.82) is 0 Å². The number of rotatable bonds is 4. The van der Waals surface area contributed by atoms with Gasteiger partial charge < -0.3 is 14.5 Å². The third kappa shape index (κ3) is 3.17. The monoisotopic (exact) mass is 339 g/mol. The van der Waals surface area contributed by atoms with Gasteiger partial charge in [-0.25, -0.2) is 4.79 Å². The van der Waals surface area contributed by atoms with Gasteiger partial charge in [0.2, 0.25) is 0 Å². The van der Waals surface area contributed by atoms with Gasteiger partial charge in [-0.1, -0.05) is 6.07 Å². The molecule has 1 fully saturated rings. The maximum atomic E-state index is 11.9. The molecule has 130 valence electrons. The lowest BCUT2D eigenvalue weighted by Gasteiger charge is -2.22. The van der Waals surface area contributed by atoms with E-state index in [-0.39, 0.29) is 5.97 Å². The van der Waals surface area contributed by atoms with Crippen molar-refractivity contribution in [3.05, 3.63) is 42.4 Å². The Balaban J connectivity index is 1.61. The minimum absolute atomic E-state index is 0.326. The minimum atomic E-state index is -0.326. The second kappa shape index (κ2) is 6.72. The first kappa shape index (κ1) is 15.9. The fourth-order valence-corrected chi connectivity index (χ4v) is 3.27. The molecule has 0 spiro atoms. The Morgan fingerprint density at radius 3 is 2.96 bits per heavy atom. The Labute approximate surface area is 145 Å². The Kier molecular flexibility index (Phi) is 4.28. The molecule has 6 nitrogen and oxygen atoms in total. The first-order valence-electron chi connectivity index (χ1n) is 8.67. The summed E-state index contributed by atoms with van der Waals surface area (Å²) in [5.41, 5.74) is 3.56. The molecule has 3 aromatic rings. The standard InChI is InChI=1S/C19H21N3O3/c1-2-25-19(23)18-10-14-9-13(3-4-17(14)21-18)15-11-20-22(12-15)16-5-7-24-8-6-16/h3-4,9-12,16,21H,2,5-8H2,1H3. The molecule has 0 bridgehead atoms. The van der Waals surface area contributed by atoms with Crippen LogP contribution in [0.15, 0.2) is 36.7 Å². The van der Waals surface area contributed by atoms with Crippen molar-refractivity contribution in [2.75, 3.05) is 19.8 Å². The second-order valence-corrected chi connectivity index (χ2v) is 6.26. The molecule has 0 amide bonds. The van der Waals surface area contributed by atoms with E-state index in [0.717, 1.165) is 48.1 Å². The van der Waals surface area contributed by atoms with Crippen molar-refractivity contribution in [2.45, 2.75) is 25.8 Å². The fourth-order valence-electron chi connectivity index (χ4n) is 3.27. The van der Waals surface area contributed by atoms with Gasteiger partial charge in [-0.2, -0.15) is 5.10 Å². The highest BCUT2D eigenvalue weighted by atomic mass is 16.5. The number of aromatic amines is 1. The number of aromatic nitrogens is 3. The summed E-state index contributed by atoms with van der Waals surface area (Å²) >= 11 is 0. The van der Waals surface area contributed by atoms with Gasteiger partial charge >= 0.3 is 5.97 Å². The van der Waals surface area contributed by atoms with Crippen LogP contribution in [-0.4, -0.2) is 40.6 Å². The first-order chi connectivity index (χ1) is 12.2. The number of hydrogen-bond acceptors (Lipinski definition) is 4. The average molecular weight is 339 g/mol. The first-order valence-corrected chi connectivity index (χ1v) is 8.67. The number of carbonyl (C=O) groups is 1. The molecule has 0 radical (unpaired) electrons. The van der Waals surface area contributed by atoms with Crippen molar-refractivity contribution in [3.8, 4) is 11.1 Å². The zero-order valence-electron chi connectivity index (χ0n) is 14.2. The lowest BCUT2D eigenvalue weighted by Crippen LogP contribution is -2.19. The molecule has 0 saturated carbocycles. The molecule has 3 heterocycles. The van der Waals surface area contributed by atoms with Gasteiger partial charge in [0.1, 0.15) is 5.69 Å². The van der Waals surface area contributed by atoms with Crippen molar-refractivity contribution in [3.63, 3.8) is 0 Å². The zero-order chi connectivity index (χ0) is 17.2. The predicted molar refractivity (Wildman–Crippen MR) is 94.6 cm³/mol. The lowest BCUT2D eigenvalue weighted by atomic mass is 10.1. The van der Waals surface area contributed by atoms with E-state index >= 15 is 0 Å². The minimum Gasteiger partial charge on any atom is -0.461 e. The average Bonchev–Trinajstić information content (AvgIpc) is 3.29. The van der Waals surface area contributed by atoms with E-state index in [1.807, 2.05) is 29.1 Å². The number of H-pyrrole nitrogens is 1. The summed E-state index contributed by atoms with van der Waals surface area (Å²) in [5, 5.41) is 5.52. The summed E-state index contributed by atoms with van der Waals surface area (Å²) in [6, 6.07) is 8.34. The van der Waals surface area contributed by atoms with Gasteiger partial charge in [0.05, 0.1) is 18.8 Å². The van der Waals surface area contributed by atoms with Crippen molar-refractivity contribution in [1.82, 2.24) is 14.8 Å². The molecule has 4 rings (SSSR count). The summed E-state index contributed by atoms with van der Waals surface area (Å²) in [6.07, 6.45) is 5.99. The second-order valence-electron chi connectivity index (χ2n) is 6.26. The number of nitrogens with one attached hydrogen (secondary N) is 1. The van der Waals surface area contributed by atoms with Gasteiger partial charge in [0.15, 0.2) is 0 Å². The summed E-state index contributed by atoms with van der Waals surface area (Å²) in [4.78, 5) is 15.0. The molecule has 0 aliphatic carbocycles. The van der Waals surface area contributed by atoms with E-state index in [9.17, 15) is 4.79 Å². The Morgan fingerprint density at radius 1 is 1.32 bits per heavy atom. The number of fused-ring (bicyclic) bond motifs is 1. The predicted octanol–water partition coefficient (Wildman–Crippen LogP) is 3.56. The molecule has 2 aromatic heterocycles. The molecule has 1 saturated heterocycles. The number of hydrogen-bond donors (Lipinski definition) is 1. The topological polar surface area (TPSA) is 69.1 Å². The lowest BCUT2D eigenvalue weighted by molar-refractivity contribution is 0.0520. The van der Waals surface area contributed by atoms with Crippen LogP contribution < -0.4 is 0 Å². The molecular formula is C19H21N3O3. The van der Waals surface area contributed by atoms with Gasteiger partial charge in [-0.15, -0.1) is 0 Å². The van der Waals surface area contributed by atoms with E-state index in [1.54, 1.807) is 6.92 Å². The van der Waals surface area contributed by atoms with Crippen LogP contribution in [0.25, 0.3) is 22.0 Å². The van der Waals surface area contributed by atoms with Gasteiger partial charge in [0.25, 0.3) is 0 Å². The largest absolute Gasteiger partial charge is 0.461 e. The highest BCUT2D eigenvalue weighted by Crippen LogP contribution is 2.27. The fraction of sp³-hybridized carbons (Fsp3) is 0.368. The summed E-state index contributed by atoms with van der Waals surface area (Å²) in [7, 11) is 0. The van der Waals surface area contributed by atoms with Crippen molar-refractivity contribution >= 4 is 16.9 Å². The van der Waals surface area contributed by atoms with Crippen LogP contribution in [-0.2, 0) is 9.47 Å². The molecule has 1 aromatic carbocycles. The van der Waals surface area contributed by atoms with E-state index < -0.39 is 0 Å². The normalized spacial score (nSPS) is 15.6. The van der Waals surface area contributed by atoms with E-state index in [2.05, 4.69) is 22.3 Å². The number of nitrogens with zero attached hydrogens (tertiary/aromatic N) is 2. The third-order valence-corrected chi connectivity index (χ3v) is 4.62. The molecule has 1 aliphatic rings. The summed E-state index contributed by atoms with van der Waals surface area (Å²) in [6.45, 7) is 3.76. The number of ether oxygens (including phenoxy) is 2. The van der Waals surface area contributed by atoms with Crippen LogP contribution >= 0.6 is 0 Å². The molecule has 1 aliphatic heterocycles. The molecule has 25 heavy (non-hydrogen) atoms. The zero-order valence-corrected chi connectivity index (χ0v) is 14.2. The maximum absolute atomic E-state index is 11.9. The maximum Gasteiger partial charge on any atom is 0.354 e. The number of carbonyl (C=O) groups excluding carboxylic acids is 1. The third-order valence-electron chi connectivity index (χ3n) is 4.62. The van der Waals surface area contributed by atoms with E-state index in [1.165, 1.54) is 0 Å². The Morgan fingerprint density at radius 2 is 2.16 bits per heavy atom. The highest BCUT2D eigenvalue weighted by Gasteiger charge is 2.17. The van der Waals surface area contributed by atoms with Crippen LogP contribution in [0.1, 0.15) is 36.3 Å². The number of benzene rings is 1. The SMILES string of the molecule is CCOC(=O)c1cc2cc(-c3cnn(C4CCOCC4)c3)ccc2[nH]1. The summed E-state index contributed by atoms with van der Waals surface area (Å²) in [5.74, 6) is -0.326. The van der Waals surface area contributed by atoms with E-state index in [0.29, 0.717) is 18.3 Å². The van der Waals surface area contributed by atoms with Gasteiger partial charge in [-0.3, -0.25) is 4.68 Å². The molecule has 6 heteroatoms. The Hall–Kier alpha value is -2.60. The van der Waals surface area contributed by atoms with Crippen LogP contribution in [0.4, 0.5) is 0 Å². The van der Waals surface area contributed by atoms with Gasteiger partial charge in [-0.05, 0) is 43.5 Å². The Bertz CT molecular complexity index is 890. The van der Waals surface area contributed by atoms with Crippen molar-refractivity contribution < 1.29 is 14.3 Å². The molecule has 1 N–H and O–H groups in total. The highest BCUT2D eigenvalue weighted by molar-refractivity contribution is 5.96. The van der Waals surface area contributed by atoms with Crippen molar-refractivity contribution in [2.24, 2.45) is 0 Å². The van der Waals surface area contributed by atoms with E-state index in [4.69, 9.17) is 9.47 Å². The molecular weight excluding hydrogens is 318 g/mol. The van der Waals surface area contributed by atoms with Crippen LogP contribution in [0, 0.1) is 0 Å². The molecule has 0 unspecified atom stereocenters. The number of esters is 1. The van der Waals surface area contributed by atoms with Crippen LogP contribution in [0.3, 0.4) is 0 Å². The quantitative estimate of drug-likeness (QED) is 0.738.